The molecule has 0 spiro atoms. The predicted octanol–water partition coefficient (Wildman–Crippen LogP) is 2.76. The summed E-state index contributed by atoms with van der Waals surface area (Å²) < 4.78 is 0. The largest absolute Gasteiger partial charge is 0.329 e. The standard InChI is InChI=1S/C16H26ClN3/c1-3-20-10-8-13(9-11-20)19(2)16(12-18)14-6-4-5-7-15(14)17/h4-7,13,16H,3,8-12,18H2,1-2H3. The van der Waals surface area contributed by atoms with Gasteiger partial charge >= 0.3 is 0 Å². The van der Waals surface area contributed by atoms with E-state index in [1.54, 1.807) is 0 Å². The minimum Gasteiger partial charge on any atom is -0.329 e. The summed E-state index contributed by atoms with van der Waals surface area (Å²) in [4.78, 5) is 4.94. The van der Waals surface area contributed by atoms with Crippen LogP contribution in [0.3, 0.4) is 0 Å². The van der Waals surface area contributed by atoms with E-state index in [1.165, 1.54) is 25.9 Å². The van der Waals surface area contributed by atoms with E-state index in [0.717, 1.165) is 17.1 Å². The van der Waals surface area contributed by atoms with Crippen LogP contribution in [0.5, 0.6) is 0 Å². The molecule has 0 amide bonds. The van der Waals surface area contributed by atoms with E-state index in [0.29, 0.717) is 12.6 Å². The molecule has 1 aromatic rings. The highest BCUT2D eigenvalue weighted by Crippen LogP contribution is 2.29. The molecule has 0 bridgehead atoms. The number of likely N-dealkylation sites (tertiary alicyclic amines) is 1. The number of benzene rings is 1. The molecule has 0 radical (unpaired) electrons. The van der Waals surface area contributed by atoms with Crippen molar-refractivity contribution in [3.05, 3.63) is 34.9 Å². The molecule has 2 N–H and O–H groups in total. The summed E-state index contributed by atoms with van der Waals surface area (Å²) in [6.07, 6.45) is 2.43. The Morgan fingerprint density at radius 2 is 2.00 bits per heavy atom. The average Bonchev–Trinajstić information content (AvgIpc) is 2.50. The molecule has 0 saturated carbocycles. The Labute approximate surface area is 127 Å². The van der Waals surface area contributed by atoms with E-state index in [4.69, 9.17) is 17.3 Å². The monoisotopic (exact) mass is 295 g/mol. The highest BCUT2D eigenvalue weighted by atomic mass is 35.5. The van der Waals surface area contributed by atoms with Crippen molar-refractivity contribution in [3.63, 3.8) is 0 Å². The van der Waals surface area contributed by atoms with Crippen LogP contribution < -0.4 is 5.73 Å². The van der Waals surface area contributed by atoms with Crippen LogP contribution in [-0.4, -0.2) is 49.1 Å². The molecule has 1 heterocycles. The molecule has 1 saturated heterocycles. The van der Waals surface area contributed by atoms with Crippen molar-refractivity contribution in [2.75, 3.05) is 33.2 Å². The van der Waals surface area contributed by atoms with Crippen molar-refractivity contribution in [3.8, 4) is 0 Å². The Morgan fingerprint density at radius 3 is 2.55 bits per heavy atom. The highest BCUT2D eigenvalue weighted by Gasteiger charge is 2.27. The summed E-state index contributed by atoms with van der Waals surface area (Å²) in [5.41, 5.74) is 7.17. The zero-order valence-corrected chi connectivity index (χ0v) is 13.3. The van der Waals surface area contributed by atoms with Gasteiger partial charge in [0.1, 0.15) is 0 Å². The average molecular weight is 296 g/mol. The van der Waals surface area contributed by atoms with Crippen LogP contribution in [0.25, 0.3) is 0 Å². The number of piperidine rings is 1. The lowest BCUT2D eigenvalue weighted by Crippen LogP contribution is -2.46. The van der Waals surface area contributed by atoms with E-state index >= 15 is 0 Å². The summed E-state index contributed by atoms with van der Waals surface area (Å²) in [6.45, 7) is 6.36. The fourth-order valence-corrected chi connectivity index (χ4v) is 3.42. The van der Waals surface area contributed by atoms with Gasteiger partial charge in [-0.2, -0.15) is 0 Å². The van der Waals surface area contributed by atoms with Crippen molar-refractivity contribution in [1.82, 2.24) is 9.80 Å². The first kappa shape index (κ1) is 15.8. The van der Waals surface area contributed by atoms with Crippen molar-refractivity contribution >= 4 is 11.6 Å². The summed E-state index contributed by atoms with van der Waals surface area (Å²) in [7, 11) is 2.19. The number of halogens is 1. The third-order valence-corrected chi connectivity index (χ3v) is 4.90. The van der Waals surface area contributed by atoms with Crippen LogP contribution in [0.2, 0.25) is 5.02 Å². The second-order valence-corrected chi connectivity index (χ2v) is 6.01. The third kappa shape index (κ3) is 3.53. The molecule has 0 aliphatic carbocycles. The molecule has 4 heteroatoms. The van der Waals surface area contributed by atoms with Crippen LogP contribution in [0.15, 0.2) is 24.3 Å². The van der Waals surface area contributed by atoms with Gasteiger partial charge < -0.3 is 10.6 Å². The maximum absolute atomic E-state index is 6.34. The van der Waals surface area contributed by atoms with Crippen molar-refractivity contribution < 1.29 is 0 Å². The topological polar surface area (TPSA) is 32.5 Å². The Hall–Kier alpha value is -0.610. The molecular weight excluding hydrogens is 270 g/mol. The first-order valence-electron chi connectivity index (χ1n) is 7.56. The minimum atomic E-state index is 0.210. The molecule has 1 fully saturated rings. The number of nitrogens with zero attached hydrogens (tertiary/aromatic N) is 2. The molecule has 1 atom stereocenters. The molecule has 1 aromatic carbocycles. The summed E-state index contributed by atoms with van der Waals surface area (Å²) in [6, 6.07) is 8.87. The molecule has 1 aliphatic rings. The van der Waals surface area contributed by atoms with E-state index in [1.807, 2.05) is 18.2 Å². The molecular formula is C16H26ClN3. The van der Waals surface area contributed by atoms with E-state index in [9.17, 15) is 0 Å². The van der Waals surface area contributed by atoms with Gasteiger partial charge in [-0.3, -0.25) is 4.90 Å². The summed E-state index contributed by atoms with van der Waals surface area (Å²) in [5.74, 6) is 0. The molecule has 1 unspecified atom stereocenters. The van der Waals surface area contributed by atoms with Gasteiger partial charge in [-0.25, -0.2) is 0 Å². The van der Waals surface area contributed by atoms with Gasteiger partial charge in [0.2, 0.25) is 0 Å². The Bertz CT molecular complexity index is 416. The summed E-state index contributed by atoms with van der Waals surface area (Å²) in [5, 5.41) is 0.820. The first-order chi connectivity index (χ1) is 9.67. The Kier molecular flexibility index (Phi) is 5.85. The fraction of sp³-hybridized carbons (Fsp3) is 0.625. The van der Waals surface area contributed by atoms with Gasteiger partial charge in [-0.1, -0.05) is 36.7 Å². The zero-order chi connectivity index (χ0) is 14.5. The minimum absolute atomic E-state index is 0.210. The SMILES string of the molecule is CCN1CCC(N(C)C(CN)c2ccccc2Cl)CC1. The van der Waals surface area contributed by atoms with Gasteiger partial charge in [0.25, 0.3) is 0 Å². The van der Waals surface area contributed by atoms with E-state index in [-0.39, 0.29) is 6.04 Å². The van der Waals surface area contributed by atoms with Gasteiger partial charge in [0.05, 0.1) is 0 Å². The lowest BCUT2D eigenvalue weighted by molar-refractivity contribution is 0.101. The van der Waals surface area contributed by atoms with Crippen LogP contribution in [0.1, 0.15) is 31.4 Å². The number of hydrogen-bond donors (Lipinski definition) is 1. The van der Waals surface area contributed by atoms with Crippen molar-refractivity contribution in [2.24, 2.45) is 5.73 Å². The molecule has 1 aliphatic heterocycles. The molecule has 3 nitrogen and oxygen atoms in total. The molecule has 112 valence electrons. The van der Waals surface area contributed by atoms with Crippen LogP contribution >= 0.6 is 11.6 Å². The van der Waals surface area contributed by atoms with Crippen molar-refractivity contribution in [1.29, 1.82) is 0 Å². The predicted molar refractivity (Wildman–Crippen MR) is 86.1 cm³/mol. The molecule has 2 rings (SSSR count). The third-order valence-electron chi connectivity index (χ3n) is 4.56. The lowest BCUT2D eigenvalue weighted by atomic mass is 9.98. The summed E-state index contributed by atoms with van der Waals surface area (Å²) >= 11 is 6.34. The smallest absolute Gasteiger partial charge is 0.0485 e. The maximum atomic E-state index is 6.34. The second-order valence-electron chi connectivity index (χ2n) is 5.60. The van der Waals surface area contributed by atoms with E-state index in [2.05, 4.69) is 29.8 Å². The lowest BCUT2D eigenvalue weighted by Gasteiger charge is -2.40. The first-order valence-corrected chi connectivity index (χ1v) is 7.94. The van der Waals surface area contributed by atoms with Gasteiger partial charge in [0, 0.05) is 23.7 Å². The quantitative estimate of drug-likeness (QED) is 0.906. The van der Waals surface area contributed by atoms with Gasteiger partial charge in [-0.15, -0.1) is 0 Å². The van der Waals surface area contributed by atoms with Crippen molar-refractivity contribution in [2.45, 2.75) is 31.8 Å². The van der Waals surface area contributed by atoms with Crippen LogP contribution in [0, 0.1) is 0 Å². The Morgan fingerprint density at radius 1 is 1.35 bits per heavy atom. The van der Waals surface area contributed by atoms with Crippen LogP contribution in [0.4, 0.5) is 0 Å². The fourth-order valence-electron chi connectivity index (χ4n) is 3.16. The zero-order valence-electron chi connectivity index (χ0n) is 12.6. The van der Waals surface area contributed by atoms with Gasteiger partial charge in [0.15, 0.2) is 0 Å². The Balaban J connectivity index is 2.06. The van der Waals surface area contributed by atoms with Gasteiger partial charge in [-0.05, 0) is 51.2 Å². The molecule has 20 heavy (non-hydrogen) atoms. The van der Waals surface area contributed by atoms with Crippen LogP contribution in [-0.2, 0) is 0 Å². The normalized spacial score (nSPS) is 19.4. The highest BCUT2D eigenvalue weighted by molar-refractivity contribution is 6.31. The number of nitrogens with two attached hydrogens (primary N) is 1. The van der Waals surface area contributed by atoms with E-state index < -0.39 is 0 Å². The maximum Gasteiger partial charge on any atom is 0.0485 e. The number of hydrogen-bond acceptors (Lipinski definition) is 3. The molecule has 0 aromatic heterocycles. The second kappa shape index (κ2) is 7.41. The number of likely N-dealkylation sites (N-methyl/N-ethyl adjacent to an activating group) is 1. The number of rotatable bonds is 5.